The van der Waals surface area contributed by atoms with E-state index in [0.29, 0.717) is 60.6 Å². The monoisotopic (exact) mass is 896 g/mol. The Kier molecular flexibility index (Phi) is 16.3. The number of ether oxygens (including phenoxy) is 3. The number of allylic oxidation sites excluding steroid dienone is 1. The first-order valence-electron chi connectivity index (χ1n) is 22.4. The predicted molar refractivity (Wildman–Crippen MR) is 245 cm³/mol. The largest absolute Gasteiger partial charge is 0.459 e. The highest BCUT2D eigenvalue weighted by Gasteiger charge is 2.65. The van der Waals surface area contributed by atoms with Gasteiger partial charge in [-0.1, -0.05) is 42.3 Å². The third-order valence-corrected chi connectivity index (χ3v) is 12.1. The first-order valence-corrected chi connectivity index (χ1v) is 22.4. The molecule has 3 N–H and O–H groups in total. The Bertz CT molecular complexity index is 2240. The number of amides is 2. The average molecular weight is 897 g/mol. The number of rotatable bonds is 20. The van der Waals surface area contributed by atoms with Crippen molar-refractivity contribution in [1.82, 2.24) is 10.2 Å². The number of oxime groups is 1. The molecular weight excluding hydrogens is 836 g/mol. The lowest BCUT2D eigenvalue weighted by Gasteiger charge is -2.60. The number of nitrogens with zero attached hydrogens (tertiary/aromatic N) is 3. The Labute approximate surface area is 379 Å². The van der Waals surface area contributed by atoms with E-state index in [2.05, 4.69) is 18.0 Å². The van der Waals surface area contributed by atoms with Gasteiger partial charge in [-0.3, -0.25) is 14.9 Å². The number of carbonyl (C=O) groups is 2. The van der Waals surface area contributed by atoms with Gasteiger partial charge >= 0.3 is 6.09 Å². The van der Waals surface area contributed by atoms with E-state index in [9.17, 15) is 29.5 Å². The number of aliphatic hydroxyl groups is 2. The molecule has 0 saturated heterocycles. The van der Waals surface area contributed by atoms with E-state index in [1.165, 1.54) is 30.3 Å². The summed E-state index contributed by atoms with van der Waals surface area (Å²) in [5, 5.41) is 38.8. The van der Waals surface area contributed by atoms with Crippen LogP contribution in [0.25, 0.3) is 6.08 Å². The molecular formula is C50H61FN4O10. The molecule has 3 aromatic carbocycles. The molecule has 0 aromatic heterocycles. The second kappa shape index (κ2) is 21.9. The third-order valence-electron chi connectivity index (χ3n) is 12.1. The molecule has 1 saturated carbocycles. The number of unbranched alkanes of at least 4 members (excludes halogenated alkanes) is 2. The summed E-state index contributed by atoms with van der Waals surface area (Å²) in [6, 6.07) is 16.1. The molecule has 0 bridgehead atoms. The molecule has 348 valence electrons. The van der Waals surface area contributed by atoms with Crippen molar-refractivity contribution < 1.29 is 48.2 Å². The van der Waals surface area contributed by atoms with Gasteiger partial charge in [0.2, 0.25) is 11.7 Å². The zero-order valence-corrected chi connectivity index (χ0v) is 37.6. The van der Waals surface area contributed by atoms with Gasteiger partial charge in [0.05, 0.1) is 23.2 Å². The number of halogens is 1. The van der Waals surface area contributed by atoms with Gasteiger partial charge in [-0.2, -0.15) is 0 Å². The highest BCUT2D eigenvalue weighted by molar-refractivity contribution is 6.03. The van der Waals surface area contributed by atoms with Crippen LogP contribution in [0.1, 0.15) is 95.2 Å². The summed E-state index contributed by atoms with van der Waals surface area (Å²) in [5.74, 6) is -2.88. The number of carbonyl (C=O) groups excluding carboxylic acids is 2. The third kappa shape index (κ3) is 11.7. The Balaban J connectivity index is 1.62. The van der Waals surface area contributed by atoms with Gasteiger partial charge in [-0.25, -0.2) is 9.18 Å². The number of fused-ring (bicyclic) bond motifs is 2. The van der Waals surface area contributed by atoms with E-state index < -0.39 is 46.1 Å². The van der Waals surface area contributed by atoms with Crippen LogP contribution in [0.3, 0.4) is 0 Å². The minimum atomic E-state index is -1.61. The van der Waals surface area contributed by atoms with Crippen molar-refractivity contribution in [2.24, 2.45) is 22.9 Å². The van der Waals surface area contributed by atoms with Crippen LogP contribution in [0.5, 0.6) is 11.5 Å². The van der Waals surface area contributed by atoms with E-state index >= 15 is 4.79 Å². The molecule has 14 nitrogen and oxygen atoms in total. The van der Waals surface area contributed by atoms with E-state index in [-0.39, 0.29) is 56.2 Å². The topological polar surface area (TPSA) is 182 Å². The number of nitro groups is 1. The number of hydrogen-bond acceptors (Lipinski definition) is 11. The van der Waals surface area contributed by atoms with Gasteiger partial charge in [-0.05, 0) is 130 Å². The fraction of sp³-hybridized carbons (Fsp3) is 0.460. The van der Waals surface area contributed by atoms with E-state index in [0.717, 1.165) is 24.0 Å². The maximum Gasteiger partial charge on any atom is 0.412 e. The van der Waals surface area contributed by atoms with Gasteiger partial charge in [0.25, 0.3) is 5.69 Å². The second-order valence-corrected chi connectivity index (χ2v) is 17.7. The highest BCUT2D eigenvalue weighted by Crippen LogP contribution is 2.62. The summed E-state index contributed by atoms with van der Waals surface area (Å²) in [6.07, 6.45) is 10.4. The molecule has 6 rings (SSSR count). The fourth-order valence-electron chi connectivity index (χ4n) is 9.29. The van der Waals surface area contributed by atoms with Crippen molar-refractivity contribution >= 4 is 29.5 Å². The normalized spacial score (nSPS) is 22.8. The van der Waals surface area contributed by atoms with Crippen molar-refractivity contribution in [3.63, 3.8) is 0 Å². The number of hydrogen-bond donors (Lipinski definition) is 3. The van der Waals surface area contributed by atoms with E-state index in [1.807, 2.05) is 26.8 Å². The Morgan fingerprint density at radius 3 is 2.40 bits per heavy atom. The molecule has 2 aliphatic carbocycles. The first kappa shape index (κ1) is 48.6. The van der Waals surface area contributed by atoms with Crippen molar-refractivity contribution in [3.05, 3.63) is 130 Å². The first-order chi connectivity index (χ1) is 31.2. The number of aliphatic hydroxyl groups excluding tert-OH is 2. The average Bonchev–Trinajstić information content (AvgIpc) is 3.28. The highest BCUT2D eigenvalue weighted by atomic mass is 19.1. The van der Waals surface area contributed by atoms with Gasteiger partial charge in [0.1, 0.15) is 29.0 Å². The Hall–Kier alpha value is -5.90. The molecule has 6 atom stereocenters. The lowest BCUT2D eigenvalue weighted by molar-refractivity contribution is -0.384. The standard InChI is InChI=1S/C50H61FN4O10/c1-6-28-62-50-44(54(32-34-14-19-36(51)20-15-34)45(58)25-18-33-16-21-37(22-17-33)55(60)61)31-42(53-65-49(3,4)5)40-29-35(12-8-10-26-56)39(13-9-11-27-57)46(47(40)50)41-30-38(23-24-43(41)64-50)63-48(59)52-7-2/h6,14-25,29-30,35,39,44,46-47,56-57H,1,7-13,26-28,31-32H2,2-5H3,(H,52,59). The Morgan fingerprint density at radius 2 is 1.75 bits per heavy atom. The molecule has 6 unspecified atom stereocenters. The smallest absolute Gasteiger partial charge is 0.412 e. The van der Waals surface area contributed by atoms with Gasteiger partial charge in [0, 0.05) is 62.4 Å². The number of nitrogens with one attached hydrogen (secondary N) is 1. The summed E-state index contributed by atoms with van der Waals surface area (Å²) >= 11 is 0. The summed E-state index contributed by atoms with van der Waals surface area (Å²) in [7, 11) is 0. The van der Waals surface area contributed by atoms with Crippen molar-refractivity contribution in [2.45, 2.75) is 103 Å². The molecule has 3 aliphatic rings. The van der Waals surface area contributed by atoms with E-state index in [1.54, 1.807) is 60.4 Å². The maximum absolute atomic E-state index is 15.0. The molecule has 1 heterocycles. The summed E-state index contributed by atoms with van der Waals surface area (Å²) in [5.41, 5.74) is 2.57. The minimum absolute atomic E-state index is 0.00330. The zero-order valence-electron chi connectivity index (χ0n) is 37.6. The molecule has 0 spiro atoms. The molecule has 2 amide bonds. The maximum atomic E-state index is 15.0. The lowest BCUT2D eigenvalue weighted by atomic mass is 9.55. The molecule has 3 aromatic rings. The number of nitro benzene ring substituents is 1. The zero-order chi connectivity index (χ0) is 46.7. The number of non-ortho nitro benzene ring substituents is 1. The summed E-state index contributed by atoms with van der Waals surface area (Å²) in [6.45, 7) is 11.9. The molecule has 1 fully saturated rings. The van der Waals surface area contributed by atoms with E-state index in [4.69, 9.17) is 24.2 Å². The van der Waals surface area contributed by atoms with Crippen LogP contribution in [0, 0.1) is 33.7 Å². The summed E-state index contributed by atoms with van der Waals surface area (Å²) in [4.78, 5) is 46.6. The van der Waals surface area contributed by atoms with Crippen molar-refractivity contribution in [1.29, 1.82) is 0 Å². The van der Waals surface area contributed by atoms with Gasteiger partial charge in [-0.15, -0.1) is 6.58 Å². The van der Waals surface area contributed by atoms with Crippen LogP contribution in [0.15, 0.2) is 102 Å². The predicted octanol–water partition coefficient (Wildman–Crippen LogP) is 9.02. The van der Waals surface area contributed by atoms with Crippen LogP contribution in [0.4, 0.5) is 14.9 Å². The minimum Gasteiger partial charge on any atom is -0.459 e. The van der Waals surface area contributed by atoms with Crippen LogP contribution in [0.2, 0.25) is 0 Å². The van der Waals surface area contributed by atoms with Crippen molar-refractivity contribution in [3.8, 4) is 11.5 Å². The number of benzene rings is 3. The molecule has 65 heavy (non-hydrogen) atoms. The van der Waals surface area contributed by atoms with Gasteiger partial charge < -0.3 is 39.5 Å². The molecule has 15 heteroatoms. The molecule has 1 aliphatic heterocycles. The fourth-order valence-corrected chi connectivity index (χ4v) is 9.29. The van der Waals surface area contributed by atoms with Crippen molar-refractivity contribution in [2.75, 3.05) is 26.4 Å². The lowest BCUT2D eigenvalue weighted by Crippen LogP contribution is -2.70. The quantitative estimate of drug-likeness (QED) is 0.0325. The van der Waals surface area contributed by atoms with Crippen LogP contribution in [-0.4, -0.2) is 81.5 Å². The van der Waals surface area contributed by atoms with Gasteiger partial charge in [0.15, 0.2) is 0 Å². The summed E-state index contributed by atoms with van der Waals surface area (Å²) < 4.78 is 34.5. The van der Waals surface area contributed by atoms with Crippen LogP contribution >= 0.6 is 0 Å². The van der Waals surface area contributed by atoms with Crippen LogP contribution < -0.4 is 14.8 Å². The van der Waals surface area contributed by atoms with Crippen LogP contribution in [-0.2, 0) is 20.9 Å². The SMILES string of the molecule is C=CCOC12Oc3ccc(OC(=O)NCC)cc3C3C(CCCCO)C(CCCCO)C=C(C(=NOC(C)(C)C)CC1N(Cc1ccc(F)cc1)C(=O)C=Cc1ccc([N+](=O)[O-])cc1)C32. The Morgan fingerprint density at radius 1 is 1.05 bits per heavy atom. The molecule has 0 radical (unpaired) electrons. The second-order valence-electron chi connectivity index (χ2n) is 17.7.